The number of hydrogen-bond donors (Lipinski definition) is 2. The lowest BCUT2D eigenvalue weighted by molar-refractivity contribution is 0.114. The van der Waals surface area contributed by atoms with Gasteiger partial charge in [-0.2, -0.15) is 0 Å². The van der Waals surface area contributed by atoms with Crippen LogP contribution >= 0.6 is 12.2 Å². The van der Waals surface area contributed by atoms with E-state index in [0.29, 0.717) is 24.8 Å². The number of ether oxygens (including phenoxy) is 2. The molecule has 0 radical (unpaired) electrons. The topological polar surface area (TPSA) is 62.8 Å². The van der Waals surface area contributed by atoms with E-state index in [2.05, 4.69) is 10.6 Å². The highest BCUT2D eigenvalue weighted by molar-refractivity contribution is 7.80. The molecule has 1 aromatic carbocycles. The monoisotopic (exact) mass is 321 g/mol. The van der Waals surface area contributed by atoms with Crippen LogP contribution in [0.1, 0.15) is 12.8 Å². The molecule has 2 N–H and O–H groups in total. The van der Waals surface area contributed by atoms with E-state index in [0.717, 1.165) is 30.8 Å². The Morgan fingerprint density at radius 1 is 1.41 bits per heavy atom. The highest BCUT2D eigenvalue weighted by Crippen LogP contribution is 2.22. The molecule has 2 aliphatic rings. The molecular weight excluding hydrogens is 302 g/mol. The van der Waals surface area contributed by atoms with Crippen molar-refractivity contribution in [3.63, 3.8) is 0 Å². The van der Waals surface area contributed by atoms with Crippen molar-refractivity contribution < 1.29 is 14.3 Å². The third-order valence-electron chi connectivity index (χ3n) is 3.69. The third-order valence-corrected chi connectivity index (χ3v) is 3.94. The minimum absolute atomic E-state index is 0.241. The first-order chi connectivity index (χ1) is 10.7. The number of anilines is 2. The van der Waals surface area contributed by atoms with Gasteiger partial charge in [0.15, 0.2) is 5.11 Å². The number of carbonyl (C=O) groups excluding carboxylic acids is 1. The van der Waals surface area contributed by atoms with Gasteiger partial charge >= 0.3 is 6.09 Å². The van der Waals surface area contributed by atoms with Crippen molar-refractivity contribution in [3.8, 4) is 0 Å². The van der Waals surface area contributed by atoms with E-state index >= 15 is 0 Å². The number of amides is 1. The number of cyclic esters (lactones) is 1. The van der Waals surface area contributed by atoms with Gasteiger partial charge < -0.3 is 20.1 Å². The molecule has 2 heterocycles. The van der Waals surface area contributed by atoms with E-state index in [-0.39, 0.29) is 12.2 Å². The van der Waals surface area contributed by atoms with Crippen molar-refractivity contribution in [2.75, 3.05) is 36.5 Å². The summed E-state index contributed by atoms with van der Waals surface area (Å²) in [5.74, 6) is 0. The first-order valence-corrected chi connectivity index (χ1v) is 7.84. The highest BCUT2D eigenvalue weighted by Gasteiger charge is 2.23. The summed E-state index contributed by atoms with van der Waals surface area (Å²) in [4.78, 5) is 13.2. The molecule has 1 atom stereocenters. The summed E-state index contributed by atoms with van der Waals surface area (Å²) in [5, 5.41) is 6.84. The highest BCUT2D eigenvalue weighted by atomic mass is 32.1. The summed E-state index contributed by atoms with van der Waals surface area (Å²) in [6, 6.07) is 7.55. The quantitative estimate of drug-likeness (QED) is 0.828. The number of hydrogen-bond acceptors (Lipinski definition) is 4. The summed E-state index contributed by atoms with van der Waals surface area (Å²) < 4.78 is 10.5. The van der Waals surface area contributed by atoms with Gasteiger partial charge in [-0.15, -0.1) is 0 Å². The van der Waals surface area contributed by atoms with E-state index in [1.165, 1.54) is 0 Å². The number of carbonyl (C=O) groups is 1. The zero-order valence-corrected chi connectivity index (χ0v) is 13.0. The molecule has 3 rings (SSSR count). The van der Waals surface area contributed by atoms with Crippen LogP contribution in [0, 0.1) is 0 Å². The predicted molar refractivity (Wildman–Crippen MR) is 88.3 cm³/mol. The van der Waals surface area contributed by atoms with Crippen LogP contribution in [0.2, 0.25) is 0 Å². The molecule has 0 aromatic heterocycles. The van der Waals surface area contributed by atoms with Gasteiger partial charge in [-0.1, -0.05) is 6.07 Å². The second kappa shape index (κ2) is 6.93. The maximum atomic E-state index is 11.6. The molecule has 1 aromatic rings. The lowest BCUT2D eigenvalue weighted by Gasteiger charge is -2.16. The Morgan fingerprint density at radius 3 is 3.05 bits per heavy atom. The Bertz CT molecular complexity index is 561. The second-order valence-electron chi connectivity index (χ2n) is 5.29. The van der Waals surface area contributed by atoms with Crippen molar-refractivity contribution in [2.24, 2.45) is 0 Å². The van der Waals surface area contributed by atoms with Crippen LogP contribution in [0.4, 0.5) is 16.2 Å². The Labute approximate surface area is 134 Å². The molecule has 6 nitrogen and oxygen atoms in total. The second-order valence-corrected chi connectivity index (χ2v) is 5.69. The lowest BCUT2D eigenvalue weighted by Crippen LogP contribution is -2.34. The van der Waals surface area contributed by atoms with Gasteiger partial charge in [-0.25, -0.2) is 4.79 Å². The fourth-order valence-corrected chi connectivity index (χ4v) is 2.77. The smallest absolute Gasteiger partial charge is 0.414 e. The first kappa shape index (κ1) is 15.1. The minimum Gasteiger partial charge on any atom is -0.447 e. The largest absolute Gasteiger partial charge is 0.447 e. The Morgan fingerprint density at radius 2 is 2.32 bits per heavy atom. The van der Waals surface area contributed by atoms with Crippen molar-refractivity contribution in [3.05, 3.63) is 24.3 Å². The molecule has 0 aliphatic carbocycles. The molecule has 2 fully saturated rings. The molecule has 0 unspecified atom stereocenters. The van der Waals surface area contributed by atoms with Gasteiger partial charge in [0.1, 0.15) is 6.61 Å². The summed E-state index contributed by atoms with van der Waals surface area (Å²) in [7, 11) is 0. The molecule has 7 heteroatoms. The molecule has 118 valence electrons. The number of nitrogens with one attached hydrogen (secondary N) is 2. The van der Waals surface area contributed by atoms with Crippen LogP contribution in [0.15, 0.2) is 24.3 Å². The molecule has 0 saturated carbocycles. The average molecular weight is 321 g/mol. The molecular formula is C15H19N3O3S. The van der Waals surface area contributed by atoms with E-state index in [1.54, 1.807) is 4.90 Å². The van der Waals surface area contributed by atoms with Crippen LogP contribution in [-0.2, 0) is 9.47 Å². The normalized spacial score (nSPS) is 20.8. The van der Waals surface area contributed by atoms with Crippen LogP contribution in [-0.4, -0.2) is 43.6 Å². The minimum atomic E-state index is -0.309. The standard InChI is InChI=1S/C15H19N3O3S/c19-15-18(6-8-21-15)12-4-1-3-11(9-12)17-14(22)16-10-13-5-2-7-20-13/h1,3-4,9,13H,2,5-8,10H2,(H2,16,17,22)/t13-/m0/s1. The SMILES string of the molecule is O=C1OCCN1c1cccc(NC(=S)NC[C@@H]2CCCO2)c1. The van der Waals surface area contributed by atoms with E-state index in [1.807, 2.05) is 24.3 Å². The van der Waals surface area contributed by atoms with Gasteiger partial charge in [-0.05, 0) is 43.3 Å². The van der Waals surface area contributed by atoms with Gasteiger partial charge in [0.25, 0.3) is 0 Å². The average Bonchev–Trinajstić information content (AvgIpc) is 3.16. The number of thiocarbonyl (C=S) groups is 1. The summed E-state index contributed by atoms with van der Waals surface area (Å²) in [6.07, 6.45) is 2.12. The van der Waals surface area contributed by atoms with Gasteiger partial charge in [0.2, 0.25) is 0 Å². The van der Waals surface area contributed by atoms with Crippen LogP contribution in [0.5, 0.6) is 0 Å². The summed E-state index contributed by atoms with van der Waals surface area (Å²) in [5.41, 5.74) is 1.64. The maximum absolute atomic E-state index is 11.6. The van der Waals surface area contributed by atoms with Crippen LogP contribution in [0.3, 0.4) is 0 Å². The van der Waals surface area contributed by atoms with Crippen LogP contribution < -0.4 is 15.5 Å². The maximum Gasteiger partial charge on any atom is 0.414 e. The number of rotatable bonds is 4. The van der Waals surface area contributed by atoms with Crippen molar-refractivity contribution in [1.82, 2.24) is 5.32 Å². The first-order valence-electron chi connectivity index (χ1n) is 7.43. The summed E-state index contributed by atoms with van der Waals surface area (Å²) in [6.45, 7) is 2.55. The van der Waals surface area contributed by atoms with Crippen LogP contribution in [0.25, 0.3) is 0 Å². The van der Waals surface area contributed by atoms with Gasteiger partial charge in [-0.3, -0.25) is 4.90 Å². The molecule has 0 spiro atoms. The Kier molecular flexibility index (Phi) is 4.74. The Balaban J connectivity index is 1.55. The van der Waals surface area contributed by atoms with Crippen molar-refractivity contribution >= 4 is 34.8 Å². The zero-order chi connectivity index (χ0) is 15.4. The molecule has 1 amide bonds. The van der Waals surface area contributed by atoms with E-state index < -0.39 is 0 Å². The fraction of sp³-hybridized carbons (Fsp3) is 0.467. The lowest BCUT2D eigenvalue weighted by atomic mass is 10.2. The molecule has 22 heavy (non-hydrogen) atoms. The summed E-state index contributed by atoms with van der Waals surface area (Å²) >= 11 is 5.29. The van der Waals surface area contributed by atoms with E-state index in [9.17, 15) is 4.79 Å². The molecule has 2 aliphatic heterocycles. The van der Waals surface area contributed by atoms with E-state index in [4.69, 9.17) is 21.7 Å². The van der Waals surface area contributed by atoms with Crippen molar-refractivity contribution in [2.45, 2.75) is 18.9 Å². The number of nitrogens with zero attached hydrogens (tertiary/aromatic N) is 1. The van der Waals surface area contributed by atoms with Gasteiger partial charge in [0, 0.05) is 24.5 Å². The third kappa shape index (κ3) is 3.66. The predicted octanol–water partition coefficient (Wildman–Crippen LogP) is 2.11. The Hall–Kier alpha value is -1.86. The zero-order valence-electron chi connectivity index (χ0n) is 12.2. The number of benzene rings is 1. The van der Waals surface area contributed by atoms with Gasteiger partial charge in [0.05, 0.1) is 12.6 Å². The fourth-order valence-electron chi connectivity index (χ4n) is 2.57. The molecule has 2 saturated heterocycles. The molecule has 0 bridgehead atoms. The van der Waals surface area contributed by atoms with Crippen molar-refractivity contribution in [1.29, 1.82) is 0 Å².